The van der Waals surface area contributed by atoms with Gasteiger partial charge in [-0.05, 0) is 163 Å². The van der Waals surface area contributed by atoms with Crippen molar-refractivity contribution in [3.63, 3.8) is 0 Å². The van der Waals surface area contributed by atoms with Crippen LogP contribution in [0.3, 0.4) is 0 Å². The quantitative estimate of drug-likeness (QED) is 0.164. The zero-order valence-corrected chi connectivity index (χ0v) is 44.9. The summed E-state index contributed by atoms with van der Waals surface area (Å²) in [6, 6.07) is 106. The third kappa shape index (κ3) is 5.66. The summed E-state index contributed by atoms with van der Waals surface area (Å²) >= 11 is 3.75. The highest BCUT2D eigenvalue weighted by Gasteiger charge is 2.63. The first-order valence-electron chi connectivity index (χ1n) is 27.7. The van der Waals surface area contributed by atoms with Gasteiger partial charge in [-0.15, -0.1) is 22.7 Å². The molecule has 2 nitrogen and oxygen atoms in total. The maximum atomic E-state index is 2.59. The summed E-state index contributed by atoms with van der Waals surface area (Å²) in [7, 11) is 0. The van der Waals surface area contributed by atoms with Crippen molar-refractivity contribution < 1.29 is 0 Å². The lowest BCUT2D eigenvalue weighted by molar-refractivity contribution is 0.826. The van der Waals surface area contributed by atoms with Crippen LogP contribution in [0.1, 0.15) is 44.5 Å². The molecule has 0 unspecified atom stereocenters. The van der Waals surface area contributed by atoms with Crippen molar-refractivity contribution in [2.45, 2.75) is 10.8 Å². The predicted octanol–water partition coefficient (Wildman–Crippen LogP) is 20.9. The van der Waals surface area contributed by atoms with E-state index in [1.165, 1.54) is 130 Å². The van der Waals surface area contributed by atoms with Crippen molar-refractivity contribution in [1.82, 2.24) is 0 Å². The number of hydrogen-bond donors (Lipinski definition) is 0. The molecule has 2 aromatic heterocycles. The highest BCUT2D eigenvalue weighted by atomic mass is 32.1. The fraction of sp³-hybridized carbons (Fsp3) is 0.0263. The van der Waals surface area contributed by atoms with Gasteiger partial charge in [-0.1, -0.05) is 194 Å². The summed E-state index contributed by atoms with van der Waals surface area (Å²) in [4.78, 5) is 5.05. The van der Waals surface area contributed by atoms with Crippen LogP contribution in [0.5, 0.6) is 0 Å². The molecule has 2 heterocycles. The zero-order chi connectivity index (χ0) is 52.3. The van der Waals surface area contributed by atoms with Crippen molar-refractivity contribution in [2.24, 2.45) is 0 Å². The largest absolute Gasteiger partial charge is 0.310 e. The Hall–Kier alpha value is -9.58. The van der Waals surface area contributed by atoms with Crippen molar-refractivity contribution in [3.8, 4) is 22.3 Å². The van der Waals surface area contributed by atoms with Crippen molar-refractivity contribution in [2.75, 3.05) is 9.80 Å². The molecule has 0 bridgehead atoms. The molecule has 4 heteroatoms. The van der Waals surface area contributed by atoms with Crippen LogP contribution in [-0.4, -0.2) is 0 Å². The minimum Gasteiger partial charge on any atom is -0.310 e. The van der Waals surface area contributed by atoms with Crippen LogP contribution >= 0.6 is 22.7 Å². The molecule has 12 aromatic carbocycles. The minimum atomic E-state index is -0.677. The van der Waals surface area contributed by atoms with Crippen LogP contribution in [0.4, 0.5) is 34.1 Å². The summed E-state index contributed by atoms with van der Waals surface area (Å²) in [6.45, 7) is 0. The lowest BCUT2D eigenvalue weighted by Crippen LogP contribution is -2.29. The van der Waals surface area contributed by atoms with Crippen LogP contribution in [0, 0.1) is 0 Å². The first-order chi connectivity index (χ1) is 39.7. The van der Waals surface area contributed by atoms with Crippen molar-refractivity contribution in [3.05, 3.63) is 324 Å². The minimum absolute atomic E-state index is 0.677. The van der Waals surface area contributed by atoms with Gasteiger partial charge in [0.05, 0.1) is 22.2 Å². The van der Waals surface area contributed by atoms with Gasteiger partial charge in [0.1, 0.15) is 0 Å². The number of benzene rings is 12. The normalized spacial score (nSPS) is 14.4. The number of para-hydroxylation sites is 2. The van der Waals surface area contributed by atoms with Gasteiger partial charge < -0.3 is 9.80 Å². The number of hydrogen-bond acceptors (Lipinski definition) is 4. The van der Waals surface area contributed by atoms with E-state index < -0.39 is 10.8 Å². The average Bonchev–Trinajstić information content (AvgIpc) is 2.94. The monoisotopic (exact) mass is 1050 g/mol. The summed E-state index contributed by atoms with van der Waals surface area (Å²) in [6.07, 6.45) is 0. The smallest absolute Gasteiger partial charge is 0.0729 e. The standard InChI is InChI=1S/C76H46N2S2/c1-3-21-47(22-4-1)77(65-35-19-39-69-71(65)57-29-11-17-37-67(57)79-69)49-41-43-55-63(45-49)75(59-31-13-7-25-51(59)52-26-8-14-32-60(52)75)74-56-44-42-50(46-64(56)76(73(55)74)61-33-15-9-27-53(61)54-28-10-16-34-62(54)76)78(48-23-5-2-6-24-48)66-36-20-40-70-72(66)58-30-12-18-38-68(58)80-70/h1-46H. The van der Waals surface area contributed by atoms with Gasteiger partial charge in [0.15, 0.2) is 0 Å². The van der Waals surface area contributed by atoms with Gasteiger partial charge in [-0.25, -0.2) is 0 Å². The van der Waals surface area contributed by atoms with Crippen LogP contribution in [0.25, 0.3) is 73.7 Å². The Kier molecular flexibility index (Phi) is 9.15. The molecular weight excluding hydrogens is 1000 g/mol. The van der Waals surface area contributed by atoms with E-state index in [0.717, 1.165) is 22.7 Å². The summed E-state index contributed by atoms with van der Waals surface area (Å²) in [5.74, 6) is 0. The second-order valence-corrected chi connectivity index (χ2v) is 23.9. The molecule has 0 aliphatic heterocycles. The number of anilines is 6. The molecule has 0 N–H and O–H groups in total. The molecule has 0 atom stereocenters. The lowest BCUT2D eigenvalue weighted by Gasteiger charge is -2.36. The van der Waals surface area contributed by atoms with Crippen molar-refractivity contribution >= 4 is 108 Å². The fourth-order valence-corrected chi connectivity index (χ4v) is 17.5. The number of rotatable bonds is 6. The third-order valence-electron chi connectivity index (χ3n) is 18.0. The Morgan fingerprint density at radius 1 is 0.237 bits per heavy atom. The molecule has 0 fully saturated rings. The summed E-state index contributed by atoms with van der Waals surface area (Å²) in [5.41, 5.74) is 24.0. The lowest BCUT2D eigenvalue weighted by atomic mass is 9.66. The molecule has 0 saturated heterocycles. The summed E-state index contributed by atoms with van der Waals surface area (Å²) in [5, 5.41) is 5.12. The topological polar surface area (TPSA) is 6.48 Å². The van der Waals surface area contributed by atoms with E-state index in [2.05, 4.69) is 289 Å². The number of allylic oxidation sites excluding steroid dienone is 2. The third-order valence-corrected chi connectivity index (χ3v) is 20.3. The van der Waals surface area contributed by atoms with E-state index in [-0.39, 0.29) is 0 Å². The Morgan fingerprint density at radius 3 is 0.975 bits per heavy atom. The maximum absolute atomic E-state index is 2.59. The molecule has 4 aliphatic rings. The molecule has 18 rings (SSSR count). The van der Waals surface area contributed by atoms with Crippen LogP contribution in [0.2, 0.25) is 0 Å². The molecule has 14 aromatic rings. The summed E-state index contributed by atoms with van der Waals surface area (Å²) < 4.78 is 5.15. The Morgan fingerprint density at radius 2 is 0.575 bits per heavy atom. The number of thiophene rings is 2. The van der Waals surface area contributed by atoms with E-state index in [1.807, 2.05) is 22.7 Å². The fourth-order valence-electron chi connectivity index (χ4n) is 15.2. The van der Waals surface area contributed by atoms with Gasteiger partial charge in [0.2, 0.25) is 0 Å². The molecule has 0 radical (unpaired) electrons. The van der Waals surface area contributed by atoms with Gasteiger partial charge in [0, 0.05) is 63.1 Å². The Bertz CT molecular complexity index is 4580. The van der Waals surface area contributed by atoms with Gasteiger partial charge in [-0.3, -0.25) is 0 Å². The van der Waals surface area contributed by atoms with Crippen molar-refractivity contribution in [1.29, 1.82) is 0 Å². The second kappa shape index (κ2) is 16.5. The predicted molar refractivity (Wildman–Crippen MR) is 338 cm³/mol. The molecule has 4 aliphatic carbocycles. The number of nitrogens with zero attached hydrogens (tertiary/aromatic N) is 2. The highest BCUT2D eigenvalue weighted by molar-refractivity contribution is 7.26. The zero-order valence-electron chi connectivity index (χ0n) is 43.3. The van der Waals surface area contributed by atoms with Crippen LogP contribution < -0.4 is 9.80 Å². The van der Waals surface area contributed by atoms with Crippen LogP contribution in [-0.2, 0) is 10.8 Å². The maximum Gasteiger partial charge on any atom is 0.0729 e. The van der Waals surface area contributed by atoms with E-state index in [9.17, 15) is 0 Å². The molecule has 0 saturated carbocycles. The first-order valence-corrected chi connectivity index (χ1v) is 29.3. The molecular formula is C76H46N2S2. The second-order valence-electron chi connectivity index (χ2n) is 21.7. The van der Waals surface area contributed by atoms with Gasteiger partial charge in [-0.2, -0.15) is 0 Å². The van der Waals surface area contributed by atoms with E-state index in [1.54, 1.807) is 0 Å². The highest BCUT2D eigenvalue weighted by Crippen LogP contribution is 2.75. The molecule has 2 spiro atoms. The molecule has 80 heavy (non-hydrogen) atoms. The number of fused-ring (bicyclic) bond motifs is 24. The van der Waals surface area contributed by atoms with E-state index in [0.29, 0.717) is 0 Å². The Balaban J connectivity index is 0.963. The van der Waals surface area contributed by atoms with Gasteiger partial charge >= 0.3 is 0 Å². The van der Waals surface area contributed by atoms with E-state index >= 15 is 0 Å². The molecule has 0 amide bonds. The average molecular weight is 1050 g/mol. The Labute approximate surface area is 471 Å². The molecule has 372 valence electrons. The SMILES string of the molecule is c1ccc(N(c2ccc3c(c2)C2(C4=C3C3(c5cc(N(c6ccccc6)c6cccc7sc8ccccc8c67)ccc54)c4ccccc4-c4ccccc43)c3ccccc3-c3ccccc32)c2cccc3sc4ccccc4c23)cc1. The van der Waals surface area contributed by atoms with E-state index in [4.69, 9.17) is 0 Å². The van der Waals surface area contributed by atoms with Gasteiger partial charge in [0.25, 0.3) is 0 Å². The van der Waals surface area contributed by atoms with Crippen LogP contribution in [0.15, 0.2) is 279 Å². The first kappa shape index (κ1) is 44.4.